The summed E-state index contributed by atoms with van der Waals surface area (Å²) in [5, 5.41) is 4.71. The van der Waals surface area contributed by atoms with E-state index in [0.717, 1.165) is 17.7 Å². The Kier molecular flexibility index (Phi) is 5.16. The average molecular weight is 292 g/mol. The van der Waals surface area contributed by atoms with Crippen molar-refractivity contribution in [2.75, 3.05) is 33.9 Å². The summed E-state index contributed by atoms with van der Waals surface area (Å²) in [4.78, 5) is 13.6. The smallest absolute Gasteiger partial charge is 0.312 e. The molecule has 0 atom stereocenters. The van der Waals surface area contributed by atoms with Gasteiger partial charge in [0.15, 0.2) is 5.58 Å². The molecule has 0 fully saturated rings. The summed E-state index contributed by atoms with van der Waals surface area (Å²) in [6.45, 7) is 3.55. The molecule has 1 aromatic heterocycles. The van der Waals surface area contributed by atoms with E-state index < -0.39 is 0 Å². The maximum absolute atomic E-state index is 11.5. The fourth-order valence-electron chi connectivity index (χ4n) is 1.88. The first-order valence-electron chi connectivity index (χ1n) is 6.91. The first kappa shape index (κ1) is 15.3. The predicted molar refractivity (Wildman–Crippen MR) is 78.4 cm³/mol. The lowest BCUT2D eigenvalue weighted by Gasteiger charge is -2.10. The van der Waals surface area contributed by atoms with Crippen LogP contribution in [-0.2, 0) is 16.0 Å². The number of ether oxygens (including phenoxy) is 2. The lowest BCUT2D eigenvalue weighted by Crippen LogP contribution is -2.19. The third-order valence-corrected chi connectivity index (χ3v) is 2.94. The van der Waals surface area contributed by atoms with Crippen molar-refractivity contribution in [3.05, 3.63) is 23.9 Å². The summed E-state index contributed by atoms with van der Waals surface area (Å²) >= 11 is 0. The number of nitrogens with zero attached hydrogens (tertiary/aromatic N) is 2. The number of hydrogen-bond acceptors (Lipinski definition) is 6. The number of fused-ring (bicyclic) bond motifs is 1. The number of aromatic nitrogens is 1. The van der Waals surface area contributed by atoms with E-state index in [2.05, 4.69) is 5.16 Å². The summed E-state index contributed by atoms with van der Waals surface area (Å²) in [7, 11) is 3.98. The van der Waals surface area contributed by atoms with Crippen molar-refractivity contribution in [3.63, 3.8) is 0 Å². The SMILES string of the molecule is CCOC(=O)Cc1noc2ccc(OCCN(C)C)cc12. The minimum absolute atomic E-state index is 0.0992. The van der Waals surface area contributed by atoms with Crippen molar-refractivity contribution >= 4 is 16.9 Å². The average Bonchev–Trinajstić information content (AvgIpc) is 2.81. The van der Waals surface area contributed by atoms with E-state index in [0.29, 0.717) is 24.5 Å². The van der Waals surface area contributed by atoms with Gasteiger partial charge in [-0.3, -0.25) is 4.79 Å². The molecule has 0 aliphatic carbocycles. The molecular formula is C15H20N2O4. The number of carbonyl (C=O) groups excluding carboxylic acids is 1. The Balaban J connectivity index is 2.11. The molecule has 21 heavy (non-hydrogen) atoms. The van der Waals surface area contributed by atoms with Gasteiger partial charge in [-0.2, -0.15) is 0 Å². The molecule has 6 heteroatoms. The standard InChI is InChI=1S/C15H20N2O4/c1-4-19-15(18)10-13-12-9-11(20-8-7-17(2)3)5-6-14(12)21-16-13/h5-6,9H,4,7-8,10H2,1-3H3. The molecule has 0 aliphatic rings. The van der Waals surface area contributed by atoms with E-state index in [1.54, 1.807) is 13.0 Å². The minimum atomic E-state index is -0.313. The number of hydrogen-bond donors (Lipinski definition) is 0. The monoisotopic (exact) mass is 292 g/mol. The lowest BCUT2D eigenvalue weighted by atomic mass is 10.1. The molecule has 0 N–H and O–H groups in total. The van der Waals surface area contributed by atoms with Crippen LogP contribution in [0.4, 0.5) is 0 Å². The highest BCUT2D eigenvalue weighted by Crippen LogP contribution is 2.24. The van der Waals surface area contributed by atoms with E-state index in [9.17, 15) is 4.79 Å². The third-order valence-electron chi connectivity index (χ3n) is 2.94. The fraction of sp³-hybridized carbons (Fsp3) is 0.467. The van der Waals surface area contributed by atoms with Crippen molar-refractivity contribution in [1.29, 1.82) is 0 Å². The molecule has 0 aliphatic heterocycles. The highest BCUT2D eigenvalue weighted by molar-refractivity contribution is 5.85. The van der Waals surface area contributed by atoms with Crippen LogP contribution >= 0.6 is 0 Å². The molecular weight excluding hydrogens is 272 g/mol. The molecule has 114 valence electrons. The molecule has 0 saturated carbocycles. The van der Waals surface area contributed by atoms with Gasteiger partial charge in [-0.1, -0.05) is 5.16 Å². The first-order chi connectivity index (χ1) is 10.1. The Morgan fingerprint density at radius 3 is 2.90 bits per heavy atom. The van der Waals surface area contributed by atoms with Crippen LogP contribution in [0.2, 0.25) is 0 Å². The van der Waals surface area contributed by atoms with Crippen LogP contribution in [0.1, 0.15) is 12.6 Å². The first-order valence-corrected chi connectivity index (χ1v) is 6.91. The van der Waals surface area contributed by atoms with Gasteiger partial charge < -0.3 is 18.9 Å². The van der Waals surface area contributed by atoms with E-state index in [-0.39, 0.29) is 12.4 Å². The largest absolute Gasteiger partial charge is 0.492 e. The van der Waals surface area contributed by atoms with E-state index in [4.69, 9.17) is 14.0 Å². The van der Waals surface area contributed by atoms with E-state index in [1.807, 2.05) is 31.1 Å². The molecule has 0 bridgehead atoms. The lowest BCUT2D eigenvalue weighted by molar-refractivity contribution is -0.142. The Labute approximate surface area is 123 Å². The van der Waals surface area contributed by atoms with Crippen molar-refractivity contribution < 1.29 is 18.8 Å². The molecule has 2 rings (SSSR count). The van der Waals surface area contributed by atoms with Gasteiger partial charge in [-0.15, -0.1) is 0 Å². The van der Waals surface area contributed by atoms with Crippen LogP contribution in [0.25, 0.3) is 11.0 Å². The molecule has 0 amide bonds. The molecule has 0 unspecified atom stereocenters. The van der Waals surface area contributed by atoms with Gasteiger partial charge in [-0.25, -0.2) is 0 Å². The summed E-state index contributed by atoms with van der Waals surface area (Å²) in [5.74, 6) is 0.421. The Hall–Kier alpha value is -2.08. The zero-order valence-electron chi connectivity index (χ0n) is 12.6. The van der Waals surface area contributed by atoms with E-state index in [1.165, 1.54) is 0 Å². The van der Waals surface area contributed by atoms with Crippen molar-refractivity contribution in [2.24, 2.45) is 0 Å². The van der Waals surface area contributed by atoms with Crippen LogP contribution in [0.15, 0.2) is 22.7 Å². The van der Waals surface area contributed by atoms with Gasteiger partial charge in [0.1, 0.15) is 18.1 Å². The molecule has 6 nitrogen and oxygen atoms in total. The zero-order valence-corrected chi connectivity index (χ0v) is 12.6. The quantitative estimate of drug-likeness (QED) is 0.726. The Bertz CT molecular complexity index is 607. The maximum Gasteiger partial charge on any atom is 0.312 e. The van der Waals surface area contributed by atoms with Gasteiger partial charge in [0.2, 0.25) is 0 Å². The second-order valence-electron chi connectivity index (χ2n) is 4.92. The maximum atomic E-state index is 11.5. The molecule has 0 radical (unpaired) electrons. The number of benzene rings is 1. The molecule has 2 aromatic rings. The highest BCUT2D eigenvalue weighted by Gasteiger charge is 2.14. The zero-order chi connectivity index (χ0) is 15.2. The number of likely N-dealkylation sites (N-methyl/N-ethyl adjacent to an activating group) is 1. The van der Waals surface area contributed by atoms with E-state index >= 15 is 0 Å². The second kappa shape index (κ2) is 7.08. The third kappa shape index (κ3) is 4.19. The van der Waals surface area contributed by atoms with Crippen LogP contribution < -0.4 is 4.74 Å². The van der Waals surface area contributed by atoms with Crippen molar-refractivity contribution in [2.45, 2.75) is 13.3 Å². The molecule has 1 heterocycles. The van der Waals surface area contributed by atoms with Crippen molar-refractivity contribution in [3.8, 4) is 5.75 Å². The summed E-state index contributed by atoms with van der Waals surface area (Å²) in [6.07, 6.45) is 0.0992. The summed E-state index contributed by atoms with van der Waals surface area (Å²) < 4.78 is 15.8. The number of esters is 1. The fourth-order valence-corrected chi connectivity index (χ4v) is 1.88. The molecule has 1 aromatic carbocycles. The number of carbonyl (C=O) groups is 1. The Morgan fingerprint density at radius 2 is 2.19 bits per heavy atom. The topological polar surface area (TPSA) is 64.8 Å². The molecule has 0 saturated heterocycles. The van der Waals surface area contributed by atoms with Crippen molar-refractivity contribution in [1.82, 2.24) is 10.1 Å². The second-order valence-corrected chi connectivity index (χ2v) is 4.92. The van der Waals surface area contributed by atoms with Gasteiger partial charge >= 0.3 is 5.97 Å². The number of rotatable bonds is 7. The van der Waals surface area contributed by atoms with Gasteiger partial charge in [-0.05, 0) is 39.2 Å². The van der Waals surface area contributed by atoms with Crippen LogP contribution in [-0.4, -0.2) is 49.9 Å². The Morgan fingerprint density at radius 1 is 1.38 bits per heavy atom. The van der Waals surface area contributed by atoms with Gasteiger partial charge in [0.05, 0.1) is 13.0 Å². The highest BCUT2D eigenvalue weighted by atomic mass is 16.5. The van der Waals surface area contributed by atoms with Crippen LogP contribution in [0.3, 0.4) is 0 Å². The predicted octanol–water partition coefficient (Wildman–Crippen LogP) is 1.87. The van der Waals surface area contributed by atoms with Crippen LogP contribution in [0.5, 0.6) is 5.75 Å². The summed E-state index contributed by atoms with van der Waals surface area (Å²) in [5.41, 5.74) is 1.20. The van der Waals surface area contributed by atoms with Gasteiger partial charge in [0.25, 0.3) is 0 Å². The normalized spacial score (nSPS) is 11.0. The minimum Gasteiger partial charge on any atom is -0.492 e. The van der Waals surface area contributed by atoms with Gasteiger partial charge in [0, 0.05) is 11.9 Å². The van der Waals surface area contributed by atoms with Crippen LogP contribution in [0, 0.1) is 0 Å². The molecule has 0 spiro atoms. The summed E-state index contributed by atoms with van der Waals surface area (Å²) in [6, 6.07) is 5.47.